The second-order valence-corrected chi connectivity index (χ2v) is 3.15. The van der Waals surface area contributed by atoms with Crippen molar-refractivity contribution in [3.63, 3.8) is 0 Å². The number of fused-ring (bicyclic) bond motifs is 1. The Balaban J connectivity index is 2.24. The number of benzene rings is 1. The van der Waals surface area contributed by atoms with Gasteiger partial charge in [-0.3, -0.25) is 0 Å². The van der Waals surface area contributed by atoms with Crippen molar-refractivity contribution in [1.82, 2.24) is 5.32 Å². The lowest BCUT2D eigenvalue weighted by molar-refractivity contribution is 0.738. The van der Waals surface area contributed by atoms with Gasteiger partial charge >= 0.3 is 0 Å². The quantitative estimate of drug-likeness (QED) is 0.703. The van der Waals surface area contributed by atoms with Crippen LogP contribution in [0.15, 0.2) is 24.3 Å². The molecule has 0 unspecified atom stereocenters. The van der Waals surface area contributed by atoms with Crippen molar-refractivity contribution in [2.75, 3.05) is 25.2 Å². The monoisotopic (exact) mass is 162 g/mol. The summed E-state index contributed by atoms with van der Waals surface area (Å²) in [5, 5.41) is 3.18. The molecule has 1 aromatic rings. The van der Waals surface area contributed by atoms with Gasteiger partial charge in [0, 0.05) is 12.2 Å². The molecule has 0 aromatic heterocycles. The molecule has 0 atom stereocenters. The molecule has 0 aliphatic carbocycles. The first-order chi connectivity index (χ1) is 5.92. The number of rotatable bonds is 2. The molecule has 1 N–H and O–H groups in total. The van der Waals surface area contributed by atoms with E-state index in [9.17, 15) is 0 Å². The normalized spacial score (nSPS) is 14.9. The van der Waals surface area contributed by atoms with Crippen molar-refractivity contribution in [3.05, 3.63) is 29.8 Å². The molecule has 1 heterocycles. The zero-order valence-electron chi connectivity index (χ0n) is 7.38. The van der Waals surface area contributed by atoms with Crippen molar-refractivity contribution in [3.8, 4) is 0 Å². The summed E-state index contributed by atoms with van der Waals surface area (Å²) in [6.07, 6.45) is 1.19. The van der Waals surface area contributed by atoms with Gasteiger partial charge in [-0.1, -0.05) is 18.2 Å². The van der Waals surface area contributed by atoms with Gasteiger partial charge in [0.15, 0.2) is 0 Å². The number of hydrogen-bond donors (Lipinski definition) is 1. The zero-order chi connectivity index (χ0) is 8.39. The van der Waals surface area contributed by atoms with E-state index in [4.69, 9.17) is 0 Å². The number of nitrogens with zero attached hydrogens (tertiary/aromatic N) is 1. The summed E-state index contributed by atoms with van der Waals surface area (Å²) in [7, 11) is 1.99. The average molecular weight is 162 g/mol. The smallest absolute Gasteiger partial charge is 0.0679 e. The van der Waals surface area contributed by atoms with Gasteiger partial charge in [-0.25, -0.2) is 0 Å². The summed E-state index contributed by atoms with van der Waals surface area (Å²) in [6.45, 7) is 2.11. The van der Waals surface area contributed by atoms with E-state index in [0.29, 0.717) is 0 Å². The van der Waals surface area contributed by atoms with Crippen LogP contribution in [0.5, 0.6) is 0 Å². The summed E-state index contributed by atoms with van der Waals surface area (Å²) in [4.78, 5) is 2.37. The van der Waals surface area contributed by atoms with Crippen LogP contribution in [-0.4, -0.2) is 20.3 Å². The van der Waals surface area contributed by atoms with E-state index < -0.39 is 0 Å². The Morgan fingerprint density at radius 2 is 2.25 bits per heavy atom. The highest BCUT2D eigenvalue weighted by Gasteiger charge is 2.16. The predicted octanol–water partition coefficient (Wildman–Crippen LogP) is 1.23. The first kappa shape index (κ1) is 7.62. The Bertz CT molecular complexity index is 268. The standard InChI is InChI=1S/C10H14N2/c1-11-8-12-7-6-9-4-2-3-5-10(9)12/h2-5,11H,6-8H2,1H3. The lowest BCUT2D eigenvalue weighted by Gasteiger charge is -2.18. The molecule has 12 heavy (non-hydrogen) atoms. The third kappa shape index (κ3) is 1.18. The SMILES string of the molecule is CNCN1CCc2ccccc21. The largest absolute Gasteiger partial charge is 0.358 e. The van der Waals surface area contributed by atoms with E-state index in [0.717, 1.165) is 13.2 Å². The van der Waals surface area contributed by atoms with Crippen LogP contribution in [0.25, 0.3) is 0 Å². The van der Waals surface area contributed by atoms with Crippen molar-refractivity contribution in [1.29, 1.82) is 0 Å². The van der Waals surface area contributed by atoms with Crippen LogP contribution >= 0.6 is 0 Å². The Morgan fingerprint density at radius 1 is 1.42 bits per heavy atom. The van der Waals surface area contributed by atoms with Crippen LogP contribution in [0.3, 0.4) is 0 Å². The fraction of sp³-hybridized carbons (Fsp3) is 0.400. The predicted molar refractivity (Wildman–Crippen MR) is 51.4 cm³/mol. The number of hydrogen-bond acceptors (Lipinski definition) is 2. The Labute approximate surface area is 73.2 Å². The molecule has 2 heteroatoms. The maximum absolute atomic E-state index is 3.18. The molecular formula is C10H14N2. The summed E-state index contributed by atoms with van der Waals surface area (Å²) >= 11 is 0. The highest BCUT2D eigenvalue weighted by atomic mass is 15.2. The Kier molecular flexibility index (Phi) is 2.00. The summed E-state index contributed by atoms with van der Waals surface area (Å²) in [6, 6.07) is 8.62. The molecule has 0 saturated heterocycles. The topological polar surface area (TPSA) is 15.3 Å². The van der Waals surface area contributed by atoms with Gasteiger partial charge in [0.25, 0.3) is 0 Å². The van der Waals surface area contributed by atoms with Crippen LogP contribution in [0.4, 0.5) is 5.69 Å². The fourth-order valence-corrected chi connectivity index (χ4v) is 1.76. The van der Waals surface area contributed by atoms with Gasteiger partial charge in [0.1, 0.15) is 0 Å². The number of para-hydroxylation sites is 1. The molecule has 2 nitrogen and oxygen atoms in total. The third-order valence-corrected chi connectivity index (χ3v) is 2.33. The maximum Gasteiger partial charge on any atom is 0.0679 e. The second-order valence-electron chi connectivity index (χ2n) is 3.15. The van der Waals surface area contributed by atoms with Crippen molar-refractivity contribution >= 4 is 5.69 Å². The average Bonchev–Trinajstić information content (AvgIpc) is 2.50. The van der Waals surface area contributed by atoms with Gasteiger partial charge in [-0.05, 0) is 25.1 Å². The van der Waals surface area contributed by atoms with Crippen LogP contribution in [0.1, 0.15) is 5.56 Å². The fourth-order valence-electron chi connectivity index (χ4n) is 1.76. The summed E-state index contributed by atoms with van der Waals surface area (Å²) in [5.41, 5.74) is 2.87. The lowest BCUT2D eigenvalue weighted by atomic mass is 10.2. The molecule has 64 valence electrons. The van der Waals surface area contributed by atoms with E-state index in [1.807, 2.05) is 7.05 Å². The van der Waals surface area contributed by atoms with Gasteiger partial charge in [0.2, 0.25) is 0 Å². The van der Waals surface area contributed by atoms with Crippen molar-refractivity contribution < 1.29 is 0 Å². The van der Waals surface area contributed by atoms with Gasteiger partial charge in [0.05, 0.1) is 6.67 Å². The van der Waals surface area contributed by atoms with E-state index >= 15 is 0 Å². The summed E-state index contributed by atoms with van der Waals surface area (Å²) < 4.78 is 0. The molecule has 0 radical (unpaired) electrons. The van der Waals surface area contributed by atoms with Gasteiger partial charge in [-0.2, -0.15) is 0 Å². The Hall–Kier alpha value is -1.02. The minimum Gasteiger partial charge on any atom is -0.358 e. The molecule has 0 fully saturated rings. The first-order valence-corrected chi connectivity index (χ1v) is 4.39. The first-order valence-electron chi connectivity index (χ1n) is 4.39. The third-order valence-electron chi connectivity index (χ3n) is 2.33. The lowest BCUT2D eigenvalue weighted by Crippen LogP contribution is -2.30. The van der Waals surface area contributed by atoms with Crippen LogP contribution in [0.2, 0.25) is 0 Å². The van der Waals surface area contributed by atoms with E-state index in [1.54, 1.807) is 0 Å². The molecule has 0 amide bonds. The van der Waals surface area contributed by atoms with E-state index in [1.165, 1.54) is 17.7 Å². The molecule has 0 saturated carbocycles. The van der Waals surface area contributed by atoms with Gasteiger partial charge < -0.3 is 10.2 Å². The molecule has 2 rings (SSSR count). The molecule has 1 aromatic carbocycles. The molecule has 0 spiro atoms. The summed E-state index contributed by atoms with van der Waals surface area (Å²) in [5.74, 6) is 0. The van der Waals surface area contributed by atoms with Crippen LogP contribution in [-0.2, 0) is 6.42 Å². The highest BCUT2D eigenvalue weighted by molar-refractivity contribution is 5.57. The molecule has 0 bridgehead atoms. The molecule has 1 aliphatic rings. The zero-order valence-corrected chi connectivity index (χ0v) is 7.38. The molecule has 1 aliphatic heterocycles. The van der Waals surface area contributed by atoms with E-state index in [2.05, 4.69) is 34.5 Å². The Morgan fingerprint density at radius 3 is 3.08 bits per heavy atom. The minimum atomic E-state index is 0.955. The number of anilines is 1. The van der Waals surface area contributed by atoms with Crippen LogP contribution in [0, 0.1) is 0 Å². The van der Waals surface area contributed by atoms with E-state index in [-0.39, 0.29) is 0 Å². The van der Waals surface area contributed by atoms with Crippen LogP contribution < -0.4 is 10.2 Å². The highest BCUT2D eigenvalue weighted by Crippen LogP contribution is 2.26. The second kappa shape index (κ2) is 3.15. The van der Waals surface area contributed by atoms with Crippen molar-refractivity contribution in [2.24, 2.45) is 0 Å². The maximum atomic E-state index is 3.18. The van der Waals surface area contributed by atoms with Gasteiger partial charge in [-0.15, -0.1) is 0 Å². The minimum absolute atomic E-state index is 0.955. The number of nitrogens with one attached hydrogen (secondary N) is 1. The molecular weight excluding hydrogens is 148 g/mol. The van der Waals surface area contributed by atoms with Crippen molar-refractivity contribution in [2.45, 2.75) is 6.42 Å².